The molecule has 4 N–H and O–H groups in total. The lowest BCUT2D eigenvalue weighted by atomic mass is 9.79. The van der Waals surface area contributed by atoms with E-state index < -0.39 is 72.4 Å². The molecule has 0 aromatic carbocycles. The molecule has 3 fully saturated rings. The van der Waals surface area contributed by atoms with E-state index in [1.54, 1.807) is 28.4 Å². The molecule has 3 aliphatic heterocycles. The van der Waals surface area contributed by atoms with Gasteiger partial charge in [0.15, 0.2) is 0 Å². The zero-order chi connectivity index (χ0) is 40.9. The van der Waals surface area contributed by atoms with Gasteiger partial charge in [-0.25, -0.2) is 0 Å². The Hall–Kier alpha value is -0.640. The summed E-state index contributed by atoms with van der Waals surface area (Å²) in [7, 11) is 7.79. The van der Waals surface area contributed by atoms with Gasteiger partial charge in [0.2, 0.25) is 0 Å². The number of aliphatic hydroxyl groups excluding tert-OH is 3. The average molecular weight is 799 g/mol. The van der Waals surface area contributed by atoms with Crippen LogP contribution in [0.25, 0.3) is 0 Å². The van der Waals surface area contributed by atoms with E-state index in [9.17, 15) is 20.4 Å². The molecule has 3 saturated heterocycles. The second kappa shape index (κ2) is 23.2. The highest BCUT2D eigenvalue weighted by molar-refractivity contribution is 5.00. The maximum atomic E-state index is 11.7. The van der Waals surface area contributed by atoms with Gasteiger partial charge in [0.1, 0.15) is 30.0 Å². The highest BCUT2D eigenvalue weighted by Gasteiger charge is 2.52. The molecule has 3 heterocycles. The normalized spacial score (nSPS) is 38.1. The van der Waals surface area contributed by atoms with Crippen LogP contribution in [0, 0.1) is 29.1 Å². The predicted octanol–water partition coefficient (Wildman–Crippen LogP) is 0.709. The lowest BCUT2D eigenvalue weighted by Crippen LogP contribution is -2.63. The summed E-state index contributed by atoms with van der Waals surface area (Å²) in [5.74, 6) is -0.879. The van der Waals surface area contributed by atoms with E-state index >= 15 is 0 Å². The van der Waals surface area contributed by atoms with E-state index in [4.69, 9.17) is 56.8 Å². The highest BCUT2D eigenvalue weighted by atomic mass is 16.6. The van der Waals surface area contributed by atoms with Crippen molar-refractivity contribution >= 4 is 0 Å². The second-order valence-electron chi connectivity index (χ2n) is 16.7. The monoisotopic (exact) mass is 798 g/mol. The molecule has 0 amide bonds. The van der Waals surface area contributed by atoms with Gasteiger partial charge in [-0.1, -0.05) is 34.6 Å². The Kier molecular flexibility index (Phi) is 20.6. The van der Waals surface area contributed by atoms with Crippen LogP contribution in [0.1, 0.15) is 41.5 Å². The maximum absolute atomic E-state index is 11.7. The SMILES string of the molecule is COCC1OC(COCC2C(COC)OCC(O)(COC(C)C(C)(C)C)C2OC)C(O)C(OC)C1COCC1OC(COCCO)C(C(C)C)C(OC)C1O. The summed E-state index contributed by atoms with van der Waals surface area (Å²) in [4.78, 5) is 0. The van der Waals surface area contributed by atoms with Gasteiger partial charge < -0.3 is 77.3 Å². The Balaban J connectivity index is 1.66. The molecule has 55 heavy (non-hydrogen) atoms. The molecule has 0 aromatic heterocycles. The van der Waals surface area contributed by atoms with Gasteiger partial charge in [-0.05, 0) is 18.3 Å². The minimum atomic E-state index is -1.43. The number of ether oxygens (including phenoxy) is 12. The summed E-state index contributed by atoms with van der Waals surface area (Å²) in [6.45, 7) is 13.3. The summed E-state index contributed by atoms with van der Waals surface area (Å²) in [5.41, 5.74) is -1.56. The Morgan fingerprint density at radius 2 is 1.22 bits per heavy atom. The third-order valence-corrected chi connectivity index (χ3v) is 11.5. The molecule has 16 heteroatoms. The van der Waals surface area contributed by atoms with Crippen molar-refractivity contribution in [1.29, 1.82) is 0 Å². The number of hydrogen-bond acceptors (Lipinski definition) is 16. The van der Waals surface area contributed by atoms with Gasteiger partial charge in [0.05, 0.1) is 115 Å². The Bertz CT molecular complexity index is 1050. The summed E-state index contributed by atoms with van der Waals surface area (Å²) in [5, 5.41) is 43.8. The molecular weight excluding hydrogens is 724 g/mol. The lowest BCUT2D eigenvalue weighted by Gasteiger charge is -2.48. The molecule has 0 bridgehead atoms. The molecule has 0 radical (unpaired) electrons. The molecule has 326 valence electrons. The first-order valence-corrected chi connectivity index (χ1v) is 19.6. The number of hydrogen-bond donors (Lipinski definition) is 4. The van der Waals surface area contributed by atoms with Crippen LogP contribution in [0.3, 0.4) is 0 Å². The third-order valence-electron chi connectivity index (χ3n) is 11.5. The van der Waals surface area contributed by atoms with Gasteiger partial charge in [0.25, 0.3) is 0 Å². The summed E-state index contributed by atoms with van der Waals surface area (Å²) >= 11 is 0. The highest BCUT2D eigenvalue weighted by Crippen LogP contribution is 2.36. The molecule has 0 aliphatic carbocycles. The van der Waals surface area contributed by atoms with Gasteiger partial charge in [0, 0.05) is 53.3 Å². The quantitative estimate of drug-likeness (QED) is 0.106. The smallest absolute Gasteiger partial charge is 0.138 e. The van der Waals surface area contributed by atoms with Crippen LogP contribution >= 0.6 is 0 Å². The number of rotatable bonds is 23. The topological polar surface area (TPSA) is 192 Å². The third kappa shape index (κ3) is 12.9. The first-order chi connectivity index (χ1) is 26.1. The van der Waals surface area contributed by atoms with Crippen LogP contribution in [0.15, 0.2) is 0 Å². The summed E-state index contributed by atoms with van der Waals surface area (Å²) in [6.07, 6.45) is -6.90. The van der Waals surface area contributed by atoms with E-state index in [1.807, 2.05) is 20.8 Å². The van der Waals surface area contributed by atoms with Crippen molar-refractivity contribution in [3.63, 3.8) is 0 Å². The van der Waals surface area contributed by atoms with Crippen molar-refractivity contribution in [2.75, 3.05) is 108 Å². The van der Waals surface area contributed by atoms with Crippen LogP contribution < -0.4 is 0 Å². The molecule has 16 nitrogen and oxygen atoms in total. The van der Waals surface area contributed by atoms with Crippen molar-refractivity contribution in [3.05, 3.63) is 0 Å². The minimum Gasteiger partial charge on any atom is -0.394 e. The first-order valence-electron chi connectivity index (χ1n) is 19.6. The molecule has 15 unspecified atom stereocenters. The van der Waals surface area contributed by atoms with Crippen LogP contribution in [0.4, 0.5) is 0 Å². The fraction of sp³-hybridized carbons (Fsp3) is 1.00. The van der Waals surface area contributed by atoms with Crippen molar-refractivity contribution < 1.29 is 77.3 Å². The summed E-state index contributed by atoms with van der Waals surface area (Å²) in [6, 6.07) is 0. The lowest BCUT2D eigenvalue weighted by molar-refractivity contribution is -0.265. The fourth-order valence-corrected chi connectivity index (χ4v) is 8.03. The maximum Gasteiger partial charge on any atom is 0.138 e. The van der Waals surface area contributed by atoms with Crippen molar-refractivity contribution in [2.24, 2.45) is 29.1 Å². The van der Waals surface area contributed by atoms with Gasteiger partial charge in [-0.2, -0.15) is 0 Å². The van der Waals surface area contributed by atoms with Crippen molar-refractivity contribution in [1.82, 2.24) is 0 Å². The minimum absolute atomic E-state index is 0.00586. The molecule has 0 saturated carbocycles. The molecule has 15 atom stereocenters. The van der Waals surface area contributed by atoms with Gasteiger partial charge in [-0.15, -0.1) is 0 Å². The van der Waals surface area contributed by atoms with Crippen LogP contribution in [-0.4, -0.2) is 201 Å². The molecule has 3 rings (SSSR count). The molecule has 3 aliphatic rings. The molecule has 0 aromatic rings. The standard InChI is InChI=1S/C39H74O16/c1-23(2)32-29(18-49-13-12-40)55-31(34(42)36(32)47-10)20-50-14-25-28(17-45-8)54-30(33(41)35(25)46-9)19-51-15-26-27(16-44-7)53-22-39(43,37(26)48-11)21-52-24(3)38(4,5)6/h23-37,40-43H,12-22H2,1-11H3. The summed E-state index contributed by atoms with van der Waals surface area (Å²) < 4.78 is 71.4. The van der Waals surface area contributed by atoms with E-state index in [-0.39, 0.29) is 102 Å². The molecule has 0 spiro atoms. The Morgan fingerprint density at radius 3 is 1.75 bits per heavy atom. The van der Waals surface area contributed by atoms with E-state index in [2.05, 4.69) is 20.8 Å². The Morgan fingerprint density at radius 1 is 0.673 bits per heavy atom. The van der Waals surface area contributed by atoms with E-state index in [0.29, 0.717) is 0 Å². The van der Waals surface area contributed by atoms with E-state index in [1.165, 1.54) is 7.11 Å². The van der Waals surface area contributed by atoms with Gasteiger partial charge >= 0.3 is 0 Å². The fourth-order valence-electron chi connectivity index (χ4n) is 8.03. The number of aliphatic hydroxyl groups is 4. The zero-order valence-corrected chi connectivity index (χ0v) is 35.1. The van der Waals surface area contributed by atoms with Crippen molar-refractivity contribution in [3.8, 4) is 0 Å². The van der Waals surface area contributed by atoms with Crippen LogP contribution in [0.5, 0.6) is 0 Å². The number of methoxy groups -OCH3 is 5. The molecular formula is C39H74O16. The van der Waals surface area contributed by atoms with Gasteiger partial charge in [-0.3, -0.25) is 0 Å². The Labute approximate surface area is 328 Å². The first kappa shape index (κ1) is 48.7. The van der Waals surface area contributed by atoms with Crippen LogP contribution in [-0.2, 0) is 56.8 Å². The van der Waals surface area contributed by atoms with Crippen LogP contribution in [0.2, 0.25) is 0 Å². The second-order valence-corrected chi connectivity index (χ2v) is 16.7. The average Bonchev–Trinajstić information content (AvgIpc) is 3.13. The zero-order valence-electron chi connectivity index (χ0n) is 35.1. The predicted molar refractivity (Wildman–Crippen MR) is 200 cm³/mol. The largest absolute Gasteiger partial charge is 0.394 e. The van der Waals surface area contributed by atoms with E-state index in [0.717, 1.165) is 0 Å². The van der Waals surface area contributed by atoms with Crippen molar-refractivity contribution in [2.45, 2.75) is 114 Å².